The molecule has 6 heteroatoms. The highest BCUT2D eigenvalue weighted by molar-refractivity contribution is 7.08. The predicted octanol–water partition coefficient (Wildman–Crippen LogP) is 1.14. The van der Waals surface area contributed by atoms with Crippen LogP contribution in [0.15, 0.2) is 4.99 Å². The van der Waals surface area contributed by atoms with E-state index in [1.807, 2.05) is 13.8 Å². The van der Waals surface area contributed by atoms with Gasteiger partial charge in [0.2, 0.25) is 6.08 Å². The van der Waals surface area contributed by atoms with Crippen LogP contribution in [0, 0.1) is 0 Å². The summed E-state index contributed by atoms with van der Waals surface area (Å²) in [6.45, 7) is 3.77. The Morgan fingerprint density at radius 3 is 2.85 bits per heavy atom. The van der Waals surface area contributed by atoms with Crippen molar-refractivity contribution in [2.45, 2.75) is 19.8 Å². The van der Waals surface area contributed by atoms with Gasteiger partial charge in [0.25, 0.3) is 0 Å². The van der Waals surface area contributed by atoms with Crippen molar-refractivity contribution in [1.29, 1.82) is 0 Å². The van der Waals surface area contributed by atoms with Crippen molar-refractivity contribution in [2.75, 3.05) is 0 Å². The summed E-state index contributed by atoms with van der Waals surface area (Å²) in [7, 11) is 0. The van der Waals surface area contributed by atoms with Crippen molar-refractivity contribution in [2.24, 2.45) is 4.99 Å². The average Bonchev–Trinajstić information content (AvgIpc) is 2.52. The molecule has 0 bridgehead atoms. The van der Waals surface area contributed by atoms with Crippen LogP contribution in [-0.2, 0) is 4.79 Å². The summed E-state index contributed by atoms with van der Waals surface area (Å²) in [6, 6.07) is 0. The fraction of sp³-hybridized carbons (Fsp3) is 0.429. The molecule has 1 heterocycles. The third-order valence-corrected chi connectivity index (χ3v) is 2.13. The lowest BCUT2D eigenvalue weighted by molar-refractivity contribution is 0.101. The maximum absolute atomic E-state index is 11.1. The largest absolute Gasteiger partial charge is 0.301 e. The first-order chi connectivity index (χ1) is 6.16. The number of aromatic nitrogens is 2. The van der Waals surface area contributed by atoms with Gasteiger partial charge in [0.05, 0.1) is 5.69 Å². The van der Waals surface area contributed by atoms with Gasteiger partial charge in [-0.1, -0.05) is 18.3 Å². The Morgan fingerprint density at radius 2 is 2.31 bits per heavy atom. The minimum atomic E-state index is -0.617. The number of aliphatic imine (C=N–C) groups is 1. The maximum Gasteiger partial charge on any atom is 0.301 e. The van der Waals surface area contributed by atoms with Crippen molar-refractivity contribution in [3.05, 3.63) is 10.6 Å². The zero-order valence-corrected chi connectivity index (χ0v) is 7.96. The molecular weight excluding hydrogens is 190 g/mol. The fourth-order valence-electron chi connectivity index (χ4n) is 0.816. The molecule has 1 aromatic rings. The van der Waals surface area contributed by atoms with Gasteiger partial charge in [-0.15, -0.1) is 10.1 Å². The molecule has 0 unspecified atom stereocenters. The molecule has 0 aliphatic rings. The summed E-state index contributed by atoms with van der Waals surface area (Å²) in [4.78, 5) is 24.3. The lowest BCUT2D eigenvalue weighted by atomic mass is 10.1. The molecule has 0 aliphatic heterocycles. The van der Waals surface area contributed by atoms with E-state index in [0.29, 0.717) is 10.6 Å². The molecular formula is C7H7N3O2S. The van der Waals surface area contributed by atoms with Crippen LogP contribution in [0.2, 0.25) is 0 Å². The first kappa shape index (κ1) is 9.70. The van der Waals surface area contributed by atoms with E-state index in [4.69, 9.17) is 0 Å². The van der Waals surface area contributed by atoms with Crippen molar-refractivity contribution < 1.29 is 9.59 Å². The van der Waals surface area contributed by atoms with Gasteiger partial charge in [0, 0.05) is 0 Å². The zero-order chi connectivity index (χ0) is 9.84. The summed E-state index contributed by atoms with van der Waals surface area (Å²) in [5.74, 6) is -0.520. The Labute approximate surface area is 78.7 Å². The van der Waals surface area contributed by atoms with Crippen molar-refractivity contribution in [3.63, 3.8) is 0 Å². The number of hydrogen-bond donors (Lipinski definition) is 0. The van der Waals surface area contributed by atoms with Gasteiger partial charge < -0.3 is 0 Å². The molecule has 13 heavy (non-hydrogen) atoms. The van der Waals surface area contributed by atoms with Crippen LogP contribution in [0.4, 0.5) is 0 Å². The average molecular weight is 197 g/mol. The lowest BCUT2D eigenvalue weighted by Crippen LogP contribution is -1.99. The number of carbonyl (C=O) groups is 1. The van der Waals surface area contributed by atoms with Crippen LogP contribution < -0.4 is 0 Å². The highest BCUT2D eigenvalue weighted by atomic mass is 32.1. The van der Waals surface area contributed by atoms with Crippen molar-refractivity contribution in [3.8, 4) is 0 Å². The van der Waals surface area contributed by atoms with Crippen LogP contribution >= 0.6 is 11.5 Å². The minimum absolute atomic E-state index is 0.0968. The van der Waals surface area contributed by atoms with Crippen LogP contribution in [0.5, 0.6) is 0 Å². The first-order valence-corrected chi connectivity index (χ1v) is 4.38. The molecule has 0 spiro atoms. The standard InChI is InChI=1S/C7H7N3O2S/c1-4(2)5-6(13-10-9-5)7(12)8-3-11/h4H,1-2H3. The molecule has 0 radical (unpaired) electrons. The summed E-state index contributed by atoms with van der Waals surface area (Å²) in [5.41, 5.74) is 0.578. The van der Waals surface area contributed by atoms with Crippen LogP contribution in [0.1, 0.15) is 35.1 Å². The molecule has 0 N–H and O–H groups in total. The van der Waals surface area contributed by atoms with E-state index in [1.165, 1.54) is 6.08 Å². The van der Waals surface area contributed by atoms with Gasteiger partial charge in [0.15, 0.2) is 0 Å². The van der Waals surface area contributed by atoms with E-state index in [0.717, 1.165) is 11.5 Å². The summed E-state index contributed by atoms with van der Waals surface area (Å²) < 4.78 is 3.63. The Balaban J connectivity index is 3.07. The molecule has 0 saturated heterocycles. The van der Waals surface area contributed by atoms with Crippen molar-refractivity contribution >= 4 is 23.5 Å². The Hall–Kier alpha value is -1.39. The zero-order valence-electron chi connectivity index (χ0n) is 7.14. The number of hydrogen-bond acceptors (Lipinski definition) is 5. The second-order valence-electron chi connectivity index (χ2n) is 2.65. The van der Waals surface area contributed by atoms with E-state index in [2.05, 4.69) is 14.6 Å². The summed E-state index contributed by atoms with van der Waals surface area (Å²) in [5, 5.41) is 3.78. The van der Waals surface area contributed by atoms with Gasteiger partial charge in [-0.2, -0.15) is 0 Å². The maximum atomic E-state index is 11.1. The van der Waals surface area contributed by atoms with E-state index in [9.17, 15) is 9.59 Å². The third kappa shape index (κ3) is 2.05. The number of carbonyl (C=O) groups excluding carboxylic acids is 2. The first-order valence-electron chi connectivity index (χ1n) is 3.61. The summed E-state index contributed by atoms with van der Waals surface area (Å²) in [6.07, 6.45) is 1.20. The Bertz CT molecular complexity index is 366. The number of isocyanates is 1. The topological polar surface area (TPSA) is 72.3 Å². The molecule has 1 amide bonds. The van der Waals surface area contributed by atoms with Gasteiger partial charge in [-0.25, -0.2) is 4.79 Å². The molecule has 0 saturated carbocycles. The SMILES string of the molecule is CC(C)c1nnsc1C(=O)N=C=O. The summed E-state index contributed by atoms with van der Waals surface area (Å²) >= 11 is 0.943. The molecule has 0 atom stereocenters. The smallest absolute Gasteiger partial charge is 0.265 e. The fourth-order valence-corrected chi connectivity index (χ4v) is 1.52. The Kier molecular flexibility index (Phi) is 3.00. The number of nitrogens with zero attached hydrogens (tertiary/aromatic N) is 3. The second kappa shape index (κ2) is 4.02. The molecule has 1 rings (SSSR count). The second-order valence-corrected chi connectivity index (χ2v) is 3.40. The van der Waals surface area contributed by atoms with E-state index in [-0.39, 0.29) is 5.92 Å². The lowest BCUT2D eigenvalue weighted by Gasteiger charge is -1.98. The third-order valence-electron chi connectivity index (χ3n) is 1.40. The molecule has 0 aromatic carbocycles. The van der Waals surface area contributed by atoms with Crippen LogP contribution in [0.25, 0.3) is 0 Å². The number of amides is 1. The molecule has 0 aliphatic carbocycles. The quantitative estimate of drug-likeness (QED) is 0.526. The van der Waals surface area contributed by atoms with Crippen LogP contribution in [-0.4, -0.2) is 21.6 Å². The molecule has 68 valence electrons. The predicted molar refractivity (Wildman–Crippen MR) is 46.5 cm³/mol. The van der Waals surface area contributed by atoms with Gasteiger partial charge in [-0.05, 0) is 17.5 Å². The van der Waals surface area contributed by atoms with E-state index < -0.39 is 5.91 Å². The Morgan fingerprint density at radius 1 is 1.62 bits per heavy atom. The van der Waals surface area contributed by atoms with Crippen LogP contribution in [0.3, 0.4) is 0 Å². The van der Waals surface area contributed by atoms with Gasteiger partial charge in [-0.3, -0.25) is 4.79 Å². The normalized spacial score (nSPS) is 9.77. The van der Waals surface area contributed by atoms with E-state index >= 15 is 0 Å². The van der Waals surface area contributed by atoms with Gasteiger partial charge >= 0.3 is 5.91 Å². The molecule has 0 fully saturated rings. The molecule has 1 aromatic heterocycles. The highest BCUT2D eigenvalue weighted by Gasteiger charge is 2.17. The highest BCUT2D eigenvalue weighted by Crippen LogP contribution is 2.20. The number of rotatable bonds is 2. The minimum Gasteiger partial charge on any atom is -0.265 e. The van der Waals surface area contributed by atoms with Gasteiger partial charge in [0.1, 0.15) is 4.88 Å². The van der Waals surface area contributed by atoms with E-state index in [1.54, 1.807) is 0 Å². The molecule has 5 nitrogen and oxygen atoms in total. The van der Waals surface area contributed by atoms with Crippen molar-refractivity contribution in [1.82, 2.24) is 9.59 Å². The monoisotopic (exact) mass is 197 g/mol.